The summed E-state index contributed by atoms with van der Waals surface area (Å²) >= 11 is 0. The maximum atomic E-state index is 5.46. The van der Waals surface area contributed by atoms with E-state index in [9.17, 15) is 0 Å². The van der Waals surface area contributed by atoms with Crippen LogP contribution in [0, 0.1) is 0 Å². The summed E-state index contributed by atoms with van der Waals surface area (Å²) in [5.74, 6) is 0. The first-order chi connectivity index (χ1) is 8.36. The van der Waals surface area contributed by atoms with Crippen LogP contribution in [0.2, 0.25) is 0 Å². The van der Waals surface area contributed by atoms with Crippen LogP contribution in [0.5, 0.6) is 0 Å². The minimum Gasteiger partial charge on any atom is -0.381 e. The first-order valence-electron chi connectivity index (χ1n) is 6.50. The normalized spacial score (nSPS) is 20.5. The van der Waals surface area contributed by atoms with Gasteiger partial charge in [0.25, 0.3) is 0 Å². The minimum atomic E-state index is 0.372. The molecule has 1 unspecified atom stereocenters. The Morgan fingerprint density at radius 2 is 1.76 bits per heavy atom. The van der Waals surface area contributed by atoms with Crippen LogP contribution >= 0.6 is 0 Å². The molecule has 0 spiro atoms. The number of benzene rings is 1. The highest BCUT2D eigenvalue weighted by Gasteiger charge is 2.11. The molecule has 17 heavy (non-hydrogen) atoms. The van der Waals surface area contributed by atoms with Gasteiger partial charge in [0.15, 0.2) is 0 Å². The van der Waals surface area contributed by atoms with Crippen molar-refractivity contribution in [3.8, 4) is 0 Å². The lowest BCUT2D eigenvalue weighted by atomic mass is 10.1. The fraction of sp³-hybridized carbons (Fsp3) is 0.571. The van der Waals surface area contributed by atoms with E-state index in [1.54, 1.807) is 0 Å². The highest BCUT2D eigenvalue weighted by atomic mass is 16.5. The van der Waals surface area contributed by atoms with E-state index in [1.165, 1.54) is 5.56 Å². The maximum absolute atomic E-state index is 5.46. The Hall–Kier alpha value is -0.900. The predicted octanol–water partition coefficient (Wildman–Crippen LogP) is 2.36. The second-order valence-electron chi connectivity index (χ2n) is 4.57. The molecule has 3 nitrogen and oxygen atoms in total. The molecule has 0 aliphatic carbocycles. The van der Waals surface area contributed by atoms with Crippen LogP contribution in [0.1, 0.15) is 31.4 Å². The number of hydrazine groups is 1. The number of rotatable bonds is 3. The highest BCUT2D eigenvalue weighted by molar-refractivity contribution is 5.17. The van der Waals surface area contributed by atoms with Crippen LogP contribution in [-0.4, -0.2) is 31.3 Å². The third-order valence-electron chi connectivity index (χ3n) is 3.11. The van der Waals surface area contributed by atoms with E-state index in [2.05, 4.69) is 47.7 Å². The number of ether oxygens (including phenoxy) is 1. The van der Waals surface area contributed by atoms with Crippen molar-refractivity contribution in [1.82, 2.24) is 10.4 Å². The molecule has 1 N–H and O–H groups in total. The van der Waals surface area contributed by atoms with Crippen molar-refractivity contribution < 1.29 is 4.74 Å². The highest BCUT2D eigenvalue weighted by Crippen LogP contribution is 2.12. The summed E-state index contributed by atoms with van der Waals surface area (Å²) in [5, 5.41) is 2.33. The summed E-state index contributed by atoms with van der Waals surface area (Å²) in [6, 6.07) is 11.0. The Morgan fingerprint density at radius 1 is 1.12 bits per heavy atom. The Morgan fingerprint density at radius 3 is 2.41 bits per heavy atom. The van der Waals surface area contributed by atoms with Gasteiger partial charge in [0.05, 0.1) is 0 Å². The number of hydrogen-bond acceptors (Lipinski definition) is 3. The first-order valence-corrected chi connectivity index (χ1v) is 6.50. The number of hydrogen-bond donors (Lipinski definition) is 1. The van der Waals surface area contributed by atoms with Crippen molar-refractivity contribution in [2.45, 2.75) is 25.8 Å². The van der Waals surface area contributed by atoms with Crippen molar-refractivity contribution in [3.63, 3.8) is 0 Å². The first kappa shape index (κ1) is 12.6. The SMILES string of the molecule is CC(NN1CCCOCCC1)c1ccccc1. The fourth-order valence-electron chi connectivity index (χ4n) is 2.15. The second-order valence-corrected chi connectivity index (χ2v) is 4.57. The van der Waals surface area contributed by atoms with Crippen LogP contribution < -0.4 is 5.43 Å². The monoisotopic (exact) mass is 234 g/mol. The second kappa shape index (κ2) is 6.74. The van der Waals surface area contributed by atoms with Gasteiger partial charge in [-0.1, -0.05) is 30.3 Å². The van der Waals surface area contributed by atoms with Gasteiger partial charge < -0.3 is 4.74 Å². The Labute approximate surface area is 104 Å². The van der Waals surface area contributed by atoms with Gasteiger partial charge in [-0.2, -0.15) is 0 Å². The predicted molar refractivity (Wildman–Crippen MR) is 69.6 cm³/mol. The summed E-state index contributed by atoms with van der Waals surface area (Å²) in [6.07, 6.45) is 2.21. The summed E-state index contributed by atoms with van der Waals surface area (Å²) in [6.45, 7) is 6.12. The van der Waals surface area contributed by atoms with Crippen LogP contribution in [0.25, 0.3) is 0 Å². The Balaban J connectivity index is 1.86. The molecule has 1 atom stereocenters. The van der Waals surface area contributed by atoms with Crippen molar-refractivity contribution >= 4 is 0 Å². The van der Waals surface area contributed by atoms with E-state index >= 15 is 0 Å². The molecule has 1 saturated heterocycles. The van der Waals surface area contributed by atoms with E-state index in [1.807, 2.05) is 0 Å². The van der Waals surface area contributed by atoms with Crippen LogP contribution in [0.4, 0.5) is 0 Å². The molecule has 0 radical (unpaired) electrons. The van der Waals surface area contributed by atoms with E-state index in [0.717, 1.165) is 39.1 Å². The quantitative estimate of drug-likeness (QED) is 0.869. The standard InChI is InChI=1S/C14H22N2O/c1-13(14-7-3-2-4-8-14)15-16-9-5-11-17-12-6-10-16/h2-4,7-8,13,15H,5-6,9-12H2,1H3. The van der Waals surface area contributed by atoms with Gasteiger partial charge in [-0.15, -0.1) is 0 Å². The number of nitrogens with one attached hydrogen (secondary N) is 1. The molecule has 0 saturated carbocycles. The third kappa shape index (κ3) is 4.11. The lowest BCUT2D eigenvalue weighted by molar-refractivity contribution is 0.0628. The molecule has 1 heterocycles. The molecular formula is C14H22N2O. The molecule has 1 aliphatic rings. The smallest absolute Gasteiger partial charge is 0.0478 e. The molecule has 1 aliphatic heterocycles. The molecule has 2 rings (SSSR count). The van der Waals surface area contributed by atoms with E-state index in [4.69, 9.17) is 4.74 Å². The zero-order valence-corrected chi connectivity index (χ0v) is 10.6. The fourth-order valence-corrected chi connectivity index (χ4v) is 2.15. The van der Waals surface area contributed by atoms with Gasteiger partial charge in [-0.3, -0.25) is 0 Å². The molecule has 0 amide bonds. The average molecular weight is 234 g/mol. The average Bonchev–Trinajstić information content (AvgIpc) is 2.33. The minimum absolute atomic E-state index is 0.372. The van der Waals surface area contributed by atoms with Gasteiger partial charge in [-0.05, 0) is 25.3 Å². The topological polar surface area (TPSA) is 24.5 Å². The summed E-state index contributed by atoms with van der Waals surface area (Å²) in [5.41, 5.74) is 4.92. The molecular weight excluding hydrogens is 212 g/mol. The van der Waals surface area contributed by atoms with Gasteiger partial charge >= 0.3 is 0 Å². The van der Waals surface area contributed by atoms with Crippen molar-refractivity contribution in [3.05, 3.63) is 35.9 Å². The Bertz CT molecular complexity index is 307. The lowest BCUT2D eigenvalue weighted by Crippen LogP contribution is -2.42. The van der Waals surface area contributed by atoms with Crippen LogP contribution in [0.3, 0.4) is 0 Å². The van der Waals surface area contributed by atoms with E-state index in [0.29, 0.717) is 6.04 Å². The van der Waals surface area contributed by atoms with E-state index < -0.39 is 0 Å². The summed E-state index contributed by atoms with van der Waals surface area (Å²) in [4.78, 5) is 0. The molecule has 1 aromatic rings. The largest absolute Gasteiger partial charge is 0.381 e. The van der Waals surface area contributed by atoms with Gasteiger partial charge in [0.2, 0.25) is 0 Å². The molecule has 1 aromatic carbocycles. The van der Waals surface area contributed by atoms with Gasteiger partial charge in [0.1, 0.15) is 0 Å². The third-order valence-corrected chi connectivity index (χ3v) is 3.11. The summed E-state index contributed by atoms with van der Waals surface area (Å²) < 4.78 is 5.46. The zero-order chi connectivity index (χ0) is 11.9. The van der Waals surface area contributed by atoms with Crippen molar-refractivity contribution in [2.24, 2.45) is 0 Å². The zero-order valence-electron chi connectivity index (χ0n) is 10.6. The van der Waals surface area contributed by atoms with Gasteiger partial charge in [0, 0.05) is 32.3 Å². The van der Waals surface area contributed by atoms with E-state index in [-0.39, 0.29) is 0 Å². The molecule has 94 valence electrons. The van der Waals surface area contributed by atoms with Gasteiger partial charge in [-0.25, -0.2) is 10.4 Å². The maximum Gasteiger partial charge on any atom is 0.0478 e. The molecule has 3 heteroatoms. The molecule has 0 aromatic heterocycles. The van der Waals surface area contributed by atoms with Crippen molar-refractivity contribution in [1.29, 1.82) is 0 Å². The molecule has 0 bridgehead atoms. The lowest BCUT2D eigenvalue weighted by Gasteiger charge is -2.29. The number of nitrogens with zero attached hydrogens (tertiary/aromatic N) is 1. The summed E-state index contributed by atoms with van der Waals surface area (Å²) in [7, 11) is 0. The van der Waals surface area contributed by atoms with Crippen molar-refractivity contribution in [2.75, 3.05) is 26.3 Å². The van der Waals surface area contributed by atoms with Crippen LogP contribution in [-0.2, 0) is 4.74 Å². The molecule has 1 fully saturated rings. The Kier molecular flexibility index (Phi) is 4.98. The van der Waals surface area contributed by atoms with Crippen LogP contribution in [0.15, 0.2) is 30.3 Å².